The van der Waals surface area contributed by atoms with Gasteiger partial charge in [-0.1, -0.05) is 0 Å². The fourth-order valence-electron chi connectivity index (χ4n) is 4.32. The van der Waals surface area contributed by atoms with Crippen LogP contribution in [0.2, 0.25) is 0 Å². The molecule has 2 N–H and O–H groups in total. The van der Waals surface area contributed by atoms with Gasteiger partial charge in [0.2, 0.25) is 0 Å². The zero-order chi connectivity index (χ0) is 26.2. The number of ether oxygens (including phenoxy) is 1. The fourth-order valence-corrected chi connectivity index (χ4v) is 4.32. The van der Waals surface area contributed by atoms with Crippen LogP contribution in [0.1, 0.15) is 21.7 Å². The van der Waals surface area contributed by atoms with Crippen LogP contribution in [0.25, 0.3) is 11.1 Å². The van der Waals surface area contributed by atoms with Crippen LogP contribution in [0.3, 0.4) is 0 Å². The van der Waals surface area contributed by atoms with E-state index < -0.39 is 17.8 Å². The van der Waals surface area contributed by atoms with Gasteiger partial charge in [0.05, 0.1) is 25.0 Å². The van der Waals surface area contributed by atoms with E-state index in [1.54, 1.807) is 12.3 Å². The molecule has 0 bridgehead atoms. The highest BCUT2D eigenvalue weighted by atomic mass is 19.4. The van der Waals surface area contributed by atoms with Gasteiger partial charge >= 0.3 is 6.18 Å². The van der Waals surface area contributed by atoms with E-state index in [1.165, 1.54) is 6.07 Å². The summed E-state index contributed by atoms with van der Waals surface area (Å²) in [4.78, 5) is 29.5. The van der Waals surface area contributed by atoms with Crippen molar-refractivity contribution in [2.24, 2.45) is 0 Å². The molecule has 1 amide bonds. The van der Waals surface area contributed by atoms with E-state index in [0.29, 0.717) is 62.4 Å². The third-order valence-corrected chi connectivity index (χ3v) is 6.31. The molecule has 37 heavy (non-hydrogen) atoms. The third kappa shape index (κ3) is 5.35. The van der Waals surface area contributed by atoms with Gasteiger partial charge < -0.3 is 25.0 Å². The van der Waals surface area contributed by atoms with Gasteiger partial charge in [0, 0.05) is 55.4 Å². The van der Waals surface area contributed by atoms with Crippen LogP contribution in [0, 0.1) is 6.92 Å². The summed E-state index contributed by atoms with van der Waals surface area (Å²) in [5.74, 6) is 0.522. The second-order valence-corrected chi connectivity index (χ2v) is 8.94. The second-order valence-electron chi connectivity index (χ2n) is 8.94. The predicted molar refractivity (Wildman–Crippen MR) is 131 cm³/mol. The summed E-state index contributed by atoms with van der Waals surface area (Å²) in [6.07, 6.45) is -2.42. The Morgan fingerprint density at radius 3 is 2.51 bits per heavy atom. The molecular weight excluding hydrogens is 489 g/mol. The van der Waals surface area contributed by atoms with Crippen LogP contribution in [-0.2, 0) is 10.9 Å². The molecule has 0 aliphatic carbocycles. The van der Waals surface area contributed by atoms with Crippen molar-refractivity contribution in [2.75, 3.05) is 54.5 Å². The molecule has 0 unspecified atom stereocenters. The zero-order valence-electron chi connectivity index (χ0n) is 20.0. The minimum atomic E-state index is -4.67. The number of anilines is 3. The first-order valence-electron chi connectivity index (χ1n) is 11.8. The van der Waals surface area contributed by atoms with Gasteiger partial charge in [-0.05, 0) is 42.8 Å². The average molecular weight is 515 g/mol. The van der Waals surface area contributed by atoms with Crippen LogP contribution >= 0.6 is 0 Å². The van der Waals surface area contributed by atoms with E-state index in [1.807, 2.05) is 28.9 Å². The molecule has 0 saturated carbocycles. The van der Waals surface area contributed by atoms with Crippen molar-refractivity contribution in [3.63, 3.8) is 0 Å². The maximum atomic E-state index is 13.1. The van der Waals surface area contributed by atoms with E-state index in [2.05, 4.69) is 15.3 Å². The van der Waals surface area contributed by atoms with Crippen molar-refractivity contribution in [3.05, 3.63) is 59.7 Å². The maximum Gasteiger partial charge on any atom is 0.433 e. The number of pyridine rings is 3. The van der Waals surface area contributed by atoms with Crippen LogP contribution < -0.4 is 15.1 Å². The summed E-state index contributed by atoms with van der Waals surface area (Å²) in [6, 6.07) is 7.44. The minimum Gasteiger partial charge on any atom is -0.389 e. The monoisotopic (exact) mass is 514 g/mol. The van der Waals surface area contributed by atoms with Crippen LogP contribution in [0.4, 0.5) is 30.5 Å². The van der Waals surface area contributed by atoms with Crippen LogP contribution in [0.5, 0.6) is 0 Å². The van der Waals surface area contributed by atoms with Crippen molar-refractivity contribution < 1.29 is 27.8 Å². The lowest BCUT2D eigenvalue weighted by atomic mass is 10.0. The number of β-amino-alcohol motifs (C(OH)–C–C–N with tert-alkyl or cyclic N) is 1. The molecule has 12 heteroatoms. The Bertz CT molecular complexity index is 1310. The number of aliphatic hydroxyl groups excluding tert-OH is 1. The van der Waals surface area contributed by atoms with Crippen LogP contribution in [-0.4, -0.2) is 71.5 Å². The summed E-state index contributed by atoms with van der Waals surface area (Å²) in [5.41, 5.74) is 1.32. The lowest BCUT2D eigenvalue weighted by Crippen LogP contribution is -2.51. The number of alkyl halides is 3. The highest BCUT2D eigenvalue weighted by Gasteiger charge is 2.33. The van der Waals surface area contributed by atoms with Crippen LogP contribution in [0.15, 0.2) is 42.7 Å². The summed E-state index contributed by atoms with van der Waals surface area (Å²) < 4.78 is 44.9. The fraction of sp³-hybridized carbons (Fsp3) is 0.360. The van der Waals surface area contributed by atoms with E-state index in [0.717, 1.165) is 23.4 Å². The summed E-state index contributed by atoms with van der Waals surface area (Å²) >= 11 is 0. The molecule has 3 aromatic rings. The Balaban J connectivity index is 1.51. The smallest absolute Gasteiger partial charge is 0.389 e. The normalized spacial score (nSPS) is 16.5. The Hall–Kier alpha value is -3.77. The second kappa shape index (κ2) is 9.94. The lowest BCUT2D eigenvalue weighted by Gasteiger charge is -2.37. The van der Waals surface area contributed by atoms with Gasteiger partial charge in [-0.25, -0.2) is 9.97 Å². The Labute approximate surface area is 210 Å². The number of morpholine rings is 1. The SMILES string of the molecule is Cc1nc(N2CCOCC2)c(NC(=O)c2ccnc(C(F)(F)F)c2)cc1-c1ccnc(N2CC(O)C2)c1. The van der Waals surface area contributed by atoms with E-state index in [9.17, 15) is 23.1 Å². The summed E-state index contributed by atoms with van der Waals surface area (Å²) in [7, 11) is 0. The molecule has 3 aromatic heterocycles. The maximum absolute atomic E-state index is 13.1. The molecule has 5 heterocycles. The number of rotatable bonds is 5. The third-order valence-electron chi connectivity index (χ3n) is 6.31. The number of carbonyl (C=O) groups is 1. The van der Waals surface area contributed by atoms with Gasteiger partial charge in [-0.2, -0.15) is 13.2 Å². The zero-order valence-corrected chi connectivity index (χ0v) is 20.0. The number of aryl methyl sites for hydroxylation is 1. The standard InChI is InChI=1S/C25H25F3N6O3/c1-15-19(16-2-5-30-22(11-16)34-13-18(35)14-34)12-20(23(31-15)33-6-8-37-9-7-33)32-24(36)17-3-4-29-21(10-17)25(26,27)28/h2-5,10-12,18,35H,6-9,13-14H2,1H3,(H,32,36). The number of carbonyl (C=O) groups excluding carboxylic acids is 1. The highest BCUT2D eigenvalue weighted by Crippen LogP contribution is 2.34. The number of hydrogen-bond acceptors (Lipinski definition) is 8. The van der Waals surface area contributed by atoms with Crippen molar-refractivity contribution in [3.8, 4) is 11.1 Å². The average Bonchev–Trinajstić information content (AvgIpc) is 2.87. The number of nitrogens with zero attached hydrogens (tertiary/aromatic N) is 5. The number of nitrogens with one attached hydrogen (secondary N) is 1. The first kappa shape index (κ1) is 24.9. The Kier molecular flexibility index (Phi) is 6.69. The number of hydrogen-bond donors (Lipinski definition) is 2. The van der Waals surface area contributed by atoms with Crippen molar-refractivity contribution >= 4 is 23.2 Å². The van der Waals surface area contributed by atoms with Gasteiger partial charge in [-0.15, -0.1) is 0 Å². The minimum absolute atomic E-state index is 0.167. The first-order chi connectivity index (χ1) is 17.7. The Morgan fingerprint density at radius 2 is 1.81 bits per heavy atom. The van der Waals surface area contributed by atoms with Gasteiger partial charge in [0.25, 0.3) is 5.91 Å². The molecule has 2 aliphatic rings. The largest absolute Gasteiger partial charge is 0.433 e. The van der Waals surface area contributed by atoms with Gasteiger partial charge in [0.15, 0.2) is 5.82 Å². The van der Waals surface area contributed by atoms with Gasteiger partial charge in [-0.3, -0.25) is 9.78 Å². The lowest BCUT2D eigenvalue weighted by molar-refractivity contribution is -0.141. The Morgan fingerprint density at radius 1 is 1.08 bits per heavy atom. The number of aromatic nitrogens is 3. The van der Waals surface area contributed by atoms with Gasteiger partial charge in [0.1, 0.15) is 11.5 Å². The van der Waals surface area contributed by atoms with Crippen molar-refractivity contribution in [2.45, 2.75) is 19.2 Å². The summed E-state index contributed by atoms with van der Waals surface area (Å²) in [5, 5.41) is 12.4. The topological polar surface area (TPSA) is 104 Å². The van der Waals surface area contributed by atoms with E-state index >= 15 is 0 Å². The quantitative estimate of drug-likeness (QED) is 0.536. The molecule has 2 aliphatic heterocycles. The van der Waals surface area contributed by atoms with Crippen molar-refractivity contribution in [1.29, 1.82) is 0 Å². The molecule has 2 saturated heterocycles. The van der Waals surface area contributed by atoms with E-state index in [-0.39, 0.29) is 11.7 Å². The molecule has 0 spiro atoms. The molecule has 0 aromatic carbocycles. The molecular formula is C25H25F3N6O3. The first-order valence-corrected chi connectivity index (χ1v) is 11.8. The molecule has 0 radical (unpaired) electrons. The molecule has 5 rings (SSSR count). The molecule has 2 fully saturated rings. The molecule has 0 atom stereocenters. The highest BCUT2D eigenvalue weighted by molar-refractivity contribution is 6.06. The van der Waals surface area contributed by atoms with Crippen molar-refractivity contribution in [1.82, 2.24) is 15.0 Å². The predicted octanol–water partition coefficient (Wildman–Crippen LogP) is 3.14. The number of amides is 1. The van der Waals surface area contributed by atoms with E-state index in [4.69, 9.17) is 9.72 Å². The number of aliphatic hydroxyl groups is 1. The number of halogens is 3. The molecule has 9 nitrogen and oxygen atoms in total. The summed E-state index contributed by atoms with van der Waals surface area (Å²) in [6.45, 7) is 4.94. The molecule has 194 valence electrons.